The van der Waals surface area contributed by atoms with E-state index in [1.54, 1.807) is 18.3 Å². The minimum atomic E-state index is -0.881. The maximum Gasteiger partial charge on any atom is 0.335 e. The van der Waals surface area contributed by atoms with Crippen molar-refractivity contribution >= 4 is 11.9 Å². The summed E-state index contributed by atoms with van der Waals surface area (Å²) < 4.78 is 1.96. The van der Waals surface area contributed by atoms with E-state index in [1.807, 2.05) is 23.9 Å². The molecule has 0 bridgehead atoms. The lowest BCUT2D eigenvalue weighted by Gasteiger charge is -2.16. The van der Waals surface area contributed by atoms with Crippen LogP contribution in [0.3, 0.4) is 0 Å². The Morgan fingerprint density at radius 2 is 2.11 bits per heavy atom. The molecule has 1 aliphatic heterocycles. The van der Waals surface area contributed by atoms with Crippen LogP contribution < -0.4 is 4.90 Å². The monoisotopic (exact) mass is 243 g/mol. The summed E-state index contributed by atoms with van der Waals surface area (Å²) in [5.74, 6) is 0.0244. The lowest BCUT2D eigenvalue weighted by molar-refractivity contribution is 0.0697. The molecule has 0 saturated heterocycles. The van der Waals surface area contributed by atoms with E-state index in [4.69, 9.17) is 5.11 Å². The number of fused-ring (bicyclic) bond motifs is 1. The maximum atomic E-state index is 10.9. The molecule has 0 aliphatic carbocycles. The molecule has 5 nitrogen and oxygen atoms in total. The van der Waals surface area contributed by atoms with Gasteiger partial charge in [-0.3, -0.25) is 0 Å². The molecule has 3 rings (SSSR count). The molecule has 0 amide bonds. The summed E-state index contributed by atoms with van der Waals surface area (Å²) in [6.45, 7) is 1.49. The van der Waals surface area contributed by atoms with E-state index >= 15 is 0 Å². The fourth-order valence-electron chi connectivity index (χ4n) is 2.33. The smallest absolute Gasteiger partial charge is 0.335 e. The van der Waals surface area contributed by atoms with Crippen LogP contribution in [-0.4, -0.2) is 20.6 Å². The van der Waals surface area contributed by atoms with Gasteiger partial charge in [0.15, 0.2) is 0 Å². The summed E-state index contributed by atoms with van der Waals surface area (Å²) in [4.78, 5) is 17.4. The number of rotatable bonds is 2. The molecule has 2 heterocycles. The quantitative estimate of drug-likeness (QED) is 0.871. The molecule has 0 saturated carbocycles. The summed E-state index contributed by atoms with van der Waals surface area (Å²) in [6, 6.07) is 5.30. The highest BCUT2D eigenvalue weighted by atomic mass is 16.4. The van der Waals surface area contributed by atoms with Crippen molar-refractivity contribution in [2.45, 2.75) is 13.1 Å². The van der Waals surface area contributed by atoms with Gasteiger partial charge in [0.05, 0.1) is 5.56 Å². The number of carbonyl (C=O) groups is 1. The zero-order valence-electron chi connectivity index (χ0n) is 10.00. The zero-order valence-corrected chi connectivity index (χ0v) is 10.00. The molecule has 0 unspecified atom stereocenters. The van der Waals surface area contributed by atoms with Crippen LogP contribution in [-0.2, 0) is 20.1 Å². The van der Waals surface area contributed by atoms with E-state index in [0.29, 0.717) is 12.1 Å². The second kappa shape index (κ2) is 3.87. The highest BCUT2D eigenvalue weighted by Crippen LogP contribution is 2.27. The number of carboxylic acid groups (broad SMARTS) is 1. The average Bonchev–Trinajstić information content (AvgIpc) is 2.92. The molecule has 0 spiro atoms. The van der Waals surface area contributed by atoms with Gasteiger partial charge in [0.25, 0.3) is 0 Å². The van der Waals surface area contributed by atoms with Crippen molar-refractivity contribution in [3.8, 4) is 0 Å². The van der Waals surface area contributed by atoms with E-state index in [0.717, 1.165) is 18.1 Å². The number of hydrogen-bond donors (Lipinski definition) is 1. The van der Waals surface area contributed by atoms with E-state index in [1.165, 1.54) is 5.56 Å². The third-order valence-electron chi connectivity index (χ3n) is 3.25. The molecule has 5 heteroatoms. The summed E-state index contributed by atoms with van der Waals surface area (Å²) in [5, 5.41) is 8.98. The van der Waals surface area contributed by atoms with Gasteiger partial charge in [-0.1, -0.05) is 6.07 Å². The van der Waals surface area contributed by atoms with Crippen LogP contribution in [0.5, 0.6) is 0 Å². The Morgan fingerprint density at radius 1 is 1.33 bits per heavy atom. The van der Waals surface area contributed by atoms with Crippen molar-refractivity contribution in [1.29, 1.82) is 0 Å². The van der Waals surface area contributed by atoms with E-state index < -0.39 is 5.97 Å². The second-order valence-electron chi connectivity index (χ2n) is 4.48. The standard InChI is InChI=1S/C13H13N3O2/c1-15-5-4-14-13(15)16-7-10-3-2-9(12(17)18)6-11(10)8-16/h2-6H,7-8H2,1H3,(H,17,18). The fourth-order valence-corrected chi connectivity index (χ4v) is 2.33. The largest absolute Gasteiger partial charge is 0.478 e. The van der Waals surface area contributed by atoms with Gasteiger partial charge < -0.3 is 14.6 Å². The number of hydrogen-bond acceptors (Lipinski definition) is 3. The summed E-state index contributed by atoms with van der Waals surface area (Å²) in [6.07, 6.45) is 3.67. The van der Waals surface area contributed by atoms with Crippen LogP contribution in [0.15, 0.2) is 30.6 Å². The fraction of sp³-hybridized carbons (Fsp3) is 0.231. The predicted octanol–water partition coefficient (Wildman–Crippen LogP) is 1.64. The Balaban J connectivity index is 1.92. The summed E-state index contributed by atoms with van der Waals surface area (Å²) >= 11 is 0. The van der Waals surface area contributed by atoms with Gasteiger partial charge in [0.1, 0.15) is 0 Å². The molecule has 92 valence electrons. The highest BCUT2D eigenvalue weighted by molar-refractivity contribution is 5.88. The van der Waals surface area contributed by atoms with Gasteiger partial charge in [-0.15, -0.1) is 0 Å². The average molecular weight is 243 g/mol. The van der Waals surface area contributed by atoms with Crippen LogP contribution >= 0.6 is 0 Å². The Morgan fingerprint density at radius 3 is 2.78 bits per heavy atom. The van der Waals surface area contributed by atoms with Crippen molar-refractivity contribution < 1.29 is 9.90 Å². The van der Waals surface area contributed by atoms with Crippen LogP contribution in [0.1, 0.15) is 21.5 Å². The number of benzene rings is 1. The van der Waals surface area contributed by atoms with Crippen LogP contribution in [0.4, 0.5) is 5.95 Å². The molecule has 1 N–H and O–H groups in total. The van der Waals surface area contributed by atoms with Crippen LogP contribution in [0, 0.1) is 0 Å². The topological polar surface area (TPSA) is 58.4 Å². The molecule has 1 aromatic heterocycles. The molecular weight excluding hydrogens is 230 g/mol. The third-order valence-corrected chi connectivity index (χ3v) is 3.25. The van der Waals surface area contributed by atoms with Gasteiger partial charge >= 0.3 is 5.97 Å². The van der Waals surface area contributed by atoms with Gasteiger partial charge in [-0.05, 0) is 23.3 Å². The lowest BCUT2D eigenvalue weighted by atomic mass is 10.1. The molecule has 1 aliphatic rings. The number of aromatic nitrogens is 2. The number of nitrogens with zero attached hydrogens (tertiary/aromatic N) is 3. The Labute approximate surface area is 104 Å². The predicted molar refractivity (Wildman–Crippen MR) is 66.5 cm³/mol. The van der Waals surface area contributed by atoms with E-state index in [9.17, 15) is 4.79 Å². The van der Waals surface area contributed by atoms with Gasteiger partial charge in [0, 0.05) is 32.5 Å². The zero-order chi connectivity index (χ0) is 12.7. The molecule has 1 aromatic carbocycles. The Kier molecular flexibility index (Phi) is 2.33. The Bertz CT molecular complexity index is 618. The van der Waals surface area contributed by atoms with Crippen LogP contribution in [0.25, 0.3) is 0 Å². The number of aryl methyl sites for hydroxylation is 1. The first kappa shape index (κ1) is 10.8. The maximum absolute atomic E-state index is 10.9. The minimum Gasteiger partial charge on any atom is -0.478 e. The van der Waals surface area contributed by atoms with Gasteiger partial charge in [-0.25, -0.2) is 9.78 Å². The normalized spacial score (nSPS) is 13.7. The lowest BCUT2D eigenvalue weighted by Crippen LogP contribution is -2.18. The van der Waals surface area contributed by atoms with Crippen molar-refractivity contribution in [2.24, 2.45) is 7.05 Å². The number of aromatic carboxylic acids is 1. The molecule has 2 aromatic rings. The first-order valence-corrected chi connectivity index (χ1v) is 5.72. The minimum absolute atomic E-state index is 0.343. The SMILES string of the molecule is Cn1ccnc1N1Cc2ccc(C(=O)O)cc2C1. The van der Waals surface area contributed by atoms with Gasteiger partial charge in [0.2, 0.25) is 5.95 Å². The van der Waals surface area contributed by atoms with Crippen molar-refractivity contribution in [2.75, 3.05) is 4.90 Å². The van der Waals surface area contributed by atoms with Crippen molar-refractivity contribution in [3.05, 3.63) is 47.3 Å². The van der Waals surface area contributed by atoms with Gasteiger partial charge in [-0.2, -0.15) is 0 Å². The van der Waals surface area contributed by atoms with Crippen molar-refractivity contribution in [3.63, 3.8) is 0 Å². The molecule has 0 radical (unpaired) electrons. The van der Waals surface area contributed by atoms with Crippen LogP contribution in [0.2, 0.25) is 0 Å². The Hall–Kier alpha value is -2.30. The summed E-state index contributed by atoms with van der Waals surface area (Å²) in [5.41, 5.74) is 2.58. The first-order chi connectivity index (χ1) is 8.65. The van der Waals surface area contributed by atoms with Crippen molar-refractivity contribution in [1.82, 2.24) is 9.55 Å². The molecule has 0 fully saturated rings. The third kappa shape index (κ3) is 1.64. The number of imidazole rings is 1. The summed E-state index contributed by atoms with van der Waals surface area (Å²) in [7, 11) is 1.95. The molecular formula is C13H13N3O2. The first-order valence-electron chi connectivity index (χ1n) is 5.72. The number of anilines is 1. The molecule has 18 heavy (non-hydrogen) atoms. The van der Waals surface area contributed by atoms with E-state index in [-0.39, 0.29) is 0 Å². The van der Waals surface area contributed by atoms with E-state index in [2.05, 4.69) is 9.88 Å². The highest BCUT2D eigenvalue weighted by Gasteiger charge is 2.22. The number of carboxylic acids is 1. The molecule has 0 atom stereocenters. The second-order valence-corrected chi connectivity index (χ2v) is 4.48.